The van der Waals surface area contributed by atoms with Crippen LogP contribution < -0.4 is 5.32 Å². The van der Waals surface area contributed by atoms with Crippen molar-refractivity contribution in [2.24, 2.45) is 5.92 Å². The Morgan fingerprint density at radius 2 is 1.92 bits per heavy atom. The number of piperazine rings is 1. The predicted octanol–water partition coefficient (Wildman–Crippen LogP) is 1.01. The molecule has 0 unspecified atom stereocenters. The number of hydrogen-bond donors (Lipinski definition) is 1. The third-order valence-corrected chi connectivity index (χ3v) is 5.13. The Hall–Kier alpha value is -1.73. The van der Waals surface area contributed by atoms with E-state index in [9.17, 15) is 4.79 Å². The van der Waals surface area contributed by atoms with E-state index in [1.807, 2.05) is 11.8 Å². The van der Waals surface area contributed by atoms with E-state index in [2.05, 4.69) is 32.1 Å². The molecule has 0 radical (unpaired) electrons. The molecule has 1 atom stereocenters. The molecule has 2 aliphatic rings. The normalized spacial score (nSPS) is 22.8. The first-order valence-corrected chi connectivity index (χ1v) is 9.41. The molecule has 0 bridgehead atoms. The summed E-state index contributed by atoms with van der Waals surface area (Å²) in [5, 5.41) is 3.04. The van der Waals surface area contributed by atoms with Crippen LogP contribution >= 0.6 is 0 Å². The fourth-order valence-corrected chi connectivity index (χ4v) is 3.79. The van der Waals surface area contributed by atoms with Gasteiger partial charge in [0.1, 0.15) is 0 Å². The van der Waals surface area contributed by atoms with Gasteiger partial charge in [-0.3, -0.25) is 9.69 Å². The second kappa shape index (κ2) is 8.58. The number of carbonyl (C=O) groups excluding carboxylic acids is 1. The zero-order valence-corrected chi connectivity index (χ0v) is 15.4. The number of nitrogens with one attached hydrogen (secondary N) is 1. The Morgan fingerprint density at radius 3 is 2.56 bits per heavy atom. The van der Waals surface area contributed by atoms with Crippen LogP contribution in [0.1, 0.15) is 30.1 Å². The third kappa shape index (κ3) is 4.89. The van der Waals surface area contributed by atoms with Gasteiger partial charge in [0, 0.05) is 58.2 Å². The van der Waals surface area contributed by atoms with Crippen LogP contribution in [0.2, 0.25) is 0 Å². The highest BCUT2D eigenvalue weighted by atomic mass is 16.2. The van der Waals surface area contributed by atoms with Gasteiger partial charge in [-0.25, -0.2) is 9.97 Å². The van der Waals surface area contributed by atoms with E-state index in [4.69, 9.17) is 0 Å². The van der Waals surface area contributed by atoms with Crippen molar-refractivity contribution in [2.45, 2.75) is 19.8 Å². The maximum atomic E-state index is 12.6. The van der Waals surface area contributed by atoms with Crippen LogP contribution in [0.15, 0.2) is 12.4 Å². The van der Waals surface area contributed by atoms with E-state index < -0.39 is 0 Å². The van der Waals surface area contributed by atoms with Crippen LogP contribution in [0, 0.1) is 5.92 Å². The summed E-state index contributed by atoms with van der Waals surface area (Å²) in [6.07, 6.45) is 5.89. The molecular formula is C18H30N6O. The number of hydrogen-bond acceptors (Lipinski definition) is 6. The van der Waals surface area contributed by atoms with Crippen LogP contribution in [-0.2, 0) is 0 Å². The quantitative estimate of drug-likeness (QED) is 0.858. The van der Waals surface area contributed by atoms with E-state index in [-0.39, 0.29) is 5.91 Å². The molecule has 0 aromatic carbocycles. The highest BCUT2D eigenvalue weighted by Gasteiger charge is 2.25. The van der Waals surface area contributed by atoms with E-state index in [1.54, 1.807) is 12.4 Å². The summed E-state index contributed by atoms with van der Waals surface area (Å²) in [7, 11) is 2.21. The fraction of sp³-hybridized carbons (Fsp3) is 0.722. The zero-order chi connectivity index (χ0) is 17.6. The van der Waals surface area contributed by atoms with Crippen molar-refractivity contribution < 1.29 is 4.79 Å². The highest BCUT2D eigenvalue weighted by molar-refractivity contribution is 5.93. The minimum atomic E-state index is 0.0418. The molecule has 2 aliphatic heterocycles. The molecule has 0 aliphatic carbocycles. The molecule has 3 rings (SSSR count). The van der Waals surface area contributed by atoms with Gasteiger partial charge in [0.25, 0.3) is 5.91 Å². The fourth-order valence-electron chi connectivity index (χ4n) is 3.79. The topological polar surface area (TPSA) is 64.6 Å². The molecule has 1 aromatic rings. The smallest absolute Gasteiger partial charge is 0.257 e. The van der Waals surface area contributed by atoms with E-state index in [0.717, 1.165) is 45.2 Å². The summed E-state index contributed by atoms with van der Waals surface area (Å²) >= 11 is 0. The number of aromatic nitrogens is 2. The Kier molecular flexibility index (Phi) is 6.20. The minimum absolute atomic E-state index is 0.0418. The molecule has 25 heavy (non-hydrogen) atoms. The highest BCUT2D eigenvalue weighted by Crippen LogP contribution is 2.17. The van der Waals surface area contributed by atoms with E-state index >= 15 is 0 Å². The lowest BCUT2D eigenvalue weighted by Gasteiger charge is -2.38. The van der Waals surface area contributed by atoms with E-state index in [0.29, 0.717) is 11.5 Å². The van der Waals surface area contributed by atoms with Crippen LogP contribution in [0.4, 0.5) is 5.95 Å². The SMILES string of the molecule is CCNc1ncc(C(=O)N2CCN(C[C@@H]3CCCN(C)C3)CC2)cn1. The maximum absolute atomic E-state index is 12.6. The molecule has 7 nitrogen and oxygen atoms in total. The van der Waals surface area contributed by atoms with Crippen molar-refractivity contribution in [1.29, 1.82) is 0 Å². The number of rotatable bonds is 5. The van der Waals surface area contributed by atoms with Crippen molar-refractivity contribution in [3.8, 4) is 0 Å². The average Bonchev–Trinajstić information content (AvgIpc) is 2.63. The van der Waals surface area contributed by atoms with Crippen molar-refractivity contribution in [3.05, 3.63) is 18.0 Å². The number of piperidine rings is 1. The zero-order valence-electron chi connectivity index (χ0n) is 15.4. The van der Waals surface area contributed by atoms with Gasteiger partial charge in [0.05, 0.1) is 5.56 Å². The number of anilines is 1. The van der Waals surface area contributed by atoms with Gasteiger partial charge in [-0.15, -0.1) is 0 Å². The molecule has 2 saturated heterocycles. The molecule has 7 heteroatoms. The summed E-state index contributed by atoms with van der Waals surface area (Å²) in [6, 6.07) is 0. The summed E-state index contributed by atoms with van der Waals surface area (Å²) in [5.41, 5.74) is 0.573. The first kappa shape index (κ1) is 18.1. The molecule has 1 amide bonds. The molecule has 138 valence electrons. The number of likely N-dealkylation sites (tertiary alicyclic amines) is 1. The van der Waals surface area contributed by atoms with Crippen molar-refractivity contribution in [3.63, 3.8) is 0 Å². The van der Waals surface area contributed by atoms with Crippen molar-refractivity contribution >= 4 is 11.9 Å². The van der Waals surface area contributed by atoms with Crippen LogP contribution in [0.25, 0.3) is 0 Å². The molecule has 0 spiro atoms. The number of amides is 1. The lowest BCUT2D eigenvalue weighted by molar-refractivity contribution is 0.0588. The van der Waals surface area contributed by atoms with Crippen molar-refractivity contribution in [1.82, 2.24) is 24.7 Å². The molecule has 1 N–H and O–H groups in total. The standard InChI is InChI=1S/C18H30N6O/c1-3-19-18-20-11-16(12-21-18)17(25)24-9-7-23(8-10-24)14-15-5-4-6-22(2)13-15/h11-12,15H,3-10,13-14H2,1-2H3,(H,19,20,21)/t15-/m1/s1. The van der Waals surface area contributed by atoms with Gasteiger partial charge in [-0.2, -0.15) is 0 Å². The summed E-state index contributed by atoms with van der Waals surface area (Å²) in [6.45, 7) is 9.85. The number of nitrogens with zero attached hydrogens (tertiary/aromatic N) is 5. The summed E-state index contributed by atoms with van der Waals surface area (Å²) < 4.78 is 0. The molecule has 1 aromatic heterocycles. The van der Waals surface area contributed by atoms with Gasteiger partial charge in [0.2, 0.25) is 5.95 Å². The summed E-state index contributed by atoms with van der Waals surface area (Å²) in [4.78, 5) is 27.9. The van der Waals surface area contributed by atoms with Gasteiger partial charge in [-0.05, 0) is 39.3 Å². The van der Waals surface area contributed by atoms with Gasteiger partial charge >= 0.3 is 0 Å². The molecular weight excluding hydrogens is 316 g/mol. The lowest BCUT2D eigenvalue weighted by Crippen LogP contribution is -2.51. The van der Waals surface area contributed by atoms with Gasteiger partial charge in [-0.1, -0.05) is 0 Å². The predicted molar refractivity (Wildman–Crippen MR) is 98.8 cm³/mol. The monoisotopic (exact) mass is 346 g/mol. The lowest BCUT2D eigenvalue weighted by atomic mass is 9.97. The van der Waals surface area contributed by atoms with Gasteiger partial charge in [0.15, 0.2) is 0 Å². The largest absolute Gasteiger partial charge is 0.355 e. The van der Waals surface area contributed by atoms with Crippen LogP contribution in [0.3, 0.4) is 0 Å². The third-order valence-electron chi connectivity index (χ3n) is 5.13. The van der Waals surface area contributed by atoms with Crippen LogP contribution in [-0.4, -0.2) is 90.0 Å². The molecule has 3 heterocycles. The Bertz CT molecular complexity index is 555. The Morgan fingerprint density at radius 1 is 1.20 bits per heavy atom. The molecule has 2 fully saturated rings. The molecule has 0 saturated carbocycles. The first-order valence-electron chi connectivity index (χ1n) is 9.41. The average molecular weight is 346 g/mol. The van der Waals surface area contributed by atoms with Crippen molar-refractivity contribution in [2.75, 3.05) is 64.7 Å². The van der Waals surface area contributed by atoms with E-state index in [1.165, 1.54) is 25.9 Å². The van der Waals surface area contributed by atoms with Crippen LogP contribution in [0.5, 0.6) is 0 Å². The second-order valence-corrected chi connectivity index (χ2v) is 7.19. The summed E-state index contributed by atoms with van der Waals surface area (Å²) in [5.74, 6) is 1.38. The number of carbonyl (C=O) groups is 1. The first-order chi connectivity index (χ1) is 12.2. The van der Waals surface area contributed by atoms with Gasteiger partial charge < -0.3 is 15.1 Å². The Labute approximate surface area is 150 Å². The second-order valence-electron chi connectivity index (χ2n) is 7.19. The minimum Gasteiger partial charge on any atom is -0.355 e. The Balaban J connectivity index is 1.47. The maximum Gasteiger partial charge on any atom is 0.257 e.